The lowest BCUT2D eigenvalue weighted by Crippen LogP contribution is -2.46. The van der Waals surface area contributed by atoms with Crippen LogP contribution in [0.4, 0.5) is 13.6 Å². The number of aromatic nitrogens is 2. The molecule has 0 unspecified atom stereocenters. The van der Waals surface area contributed by atoms with Gasteiger partial charge in [0.05, 0.1) is 24.7 Å². The zero-order valence-corrected chi connectivity index (χ0v) is 22.8. The van der Waals surface area contributed by atoms with E-state index in [1.807, 2.05) is 0 Å². The molecule has 40 heavy (non-hydrogen) atoms. The van der Waals surface area contributed by atoms with Crippen molar-refractivity contribution >= 4 is 6.09 Å². The molecular weight excluding hydrogens is 516 g/mol. The van der Waals surface area contributed by atoms with Gasteiger partial charge in [-0.05, 0) is 57.0 Å². The zero-order valence-electron chi connectivity index (χ0n) is 22.8. The summed E-state index contributed by atoms with van der Waals surface area (Å²) in [6.45, 7) is 6.41. The first kappa shape index (κ1) is 28.5. The summed E-state index contributed by atoms with van der Waals surface area (Å²) in [7, 11) is 0. The largest absolute Gasteiger partial charge is 0.444 e. The lowest BCUT2D eigenvalue weighted by atomic mass is 10.0. The minimum Gasteiger partial charge on any atom is -0.444 e. The third-order valence-corrected chi connectivity index (χ3v) is 6.32. The van der Waals surface area contributed by atoms with Crippen LogP contribution in [0.5, 0.6) is 0 Å². The smallest absolute Gasteiger partial charge is 0.408 e. The number of halogens is 2. The van der Waals surface area contributed by atoms with E-state index >= 15 is 0 Å². The predicted molar refractivity (Wildman–Crippen MR) is 149 cm³/mol. The maximum absolute atomic E-state index is 15.0. The van der Waals surface area contributed by atoms with Crippen LogP contribution >= 0.6 is 0 Å². The average molecular weight is 548 g/mol. The van der Waals surface area contributed by atoms with Gasteiger partial charge in [-0.1, -0.05) is 60.7 Å². The molecule has 0 bridgehead atoms. The van der Waals surface area contributed by atoms with Crippen molar-refractivity contribution in [1.29, 1.82) is 0 Å². The molecule has 4 aromatic rings. The fraction of sp³-hybridized carbons (Fsp3) is 0.258. The Bertz CT molecular complexity index is 1640. The Balaban J connectivity index is 1.89. The first-order valence-electron chi connectivity index (χ1n) is 12.8. The maximum atomic E-state index is 15.0. The van der Waals surface area contributed by atoms with E-state index < -0.39 is 40.6 Å². The summed E-state index contributed by atoms with van der Waals surface area (Å²) in [5, 5.41) is 2.76. The van der Waals surface area contributed by atoms with Crippen molar-refractivity contribution < 1.29 is 18.3 Å². The highest BCUT2D eigenvalue weighted by atomic mass is 19.1. The summed E-state index contributed by atoms with van der Waals surface area (Å²) in [5.41, 5.74) is -0.792. The molecule has 0 saturated carbocycles. The first-order valence-corrected chi connectivity index (χ1v) is 12.8. The predicted octanol–water partition coefficient (Wildman–Crippen LogP) is 5.58. The Morgan fingerprint density at radius 3 is 2.25 bits per heavy atom. The summed E-state index contributed by atoms with van der Waals surface area (Å²) in [6, 6.07) is 19.6. The molecule has 4 rings (SSSR count). The minimum absolute atomic E-state index is 0.00168. The van der Waals surface area contributed by atoms with E-state index in [0.29, 0.717) is 11.1 Å². The molecule has 7 nitrogen and oxygen atoms in total. The van der Waals surface area contributed by atoms with Crippen LogP contribution < -0.4 is 16.6 Å². The molecule has 0 aliphatic carbocycles. The number of ether oxygens (including phenoxy) is 1. The monoisotopic (exact) mass is 547 g/mol. The Kier molecular flexibility index (Phi) is 8.32. The topological polar surface area (TPSA) is 82.3 Å². The van der Waals surface area contributed by atoms with Gasteiger partial charge in [-0.25, -0.2) is 18.4 Å². The third kappa shape index (κ3) is 6.54. The number of benzene rings is 3. The number of alkyl carbamates (subject to hydrolysis) is 1. The van der Waals surface area contributed by atoms with E-state index in [9.17, 15) is 23.2 Å². The van der Waals surface area contributed by atoms with Gasteiger partial charge in [0.25, 0.3) is 5.56 Å². The Morgan fingerprint density at radius 2 is 1.60 bits per heavy atom. The Hall–Kier alpha value is -4.53. The number of carbonyl (C=O) groups is 1. The number of nitrogens with one attached hydrogen (secondary N) is 1. The van der Waals surface area contributed by atoms with E-state index in [-0.39, 0.29) is 29.9 Å². The van der Waals surface area contributed by atoms with Gasteiger partial charge in [-0.3, -0.25) is 13.9 Å². The van der Waals surface area contributed by atoms with Crippen molar-refractivity contribution in [1.82, 2.24) is 14.5 Å². The second-order valence-electron chi connectivity index (χ2n) is 10.5. The first-order chi connectivity index (χ1) is 18.9. The summed E-state index contributed by atoms with van der Waals surface area (Å²) in [4.78, 5) is 40.5. The van der Waals surface area contributed by atoms with Crippen LogP contribution in [-0.2, 0) is 17.8 Å². The van der Waals surface area contributed by atoms with E-state index in [4.69, 9.17) is 4.74 Å². The van der Waals surface area contributed by atoms with Gasteiger partial charge >= 0.3 is 11.8 Å². The molecule has 0 radical (unpaired) electrons. The number of hydrogen-bond acceptors (Lipinski definition) is 4. The number of rotatable bonds is 7. The molecule has 0 fully saturated rings. The van der Waals surface area contributed by atoms with Crippen LogP contribution in [-0.4, -0.2) is 20.8 Å². The summed E-state index contributed by atoms with van der Waals surface area (Å²) in [6.07, 6.45) is -0.726. The van der Waals surface area contributed by atoms with E-state index in [1.165, 1.54) is 41.0 Å². The van der Waals surface area contributed by atoms with Crippen molar-refractivity contribution in [3.63, 3.8) is 0 Å². The number of carbonyl (C=O) groups excluding carboxylic acids is 1. The van der Waals surface area contributed by atoms with Gasteiger partial charge in [0, 0.05) is 11.3 Å². The highest BCUT2D eigenvalue weighted by molar-refractivity contribution is 5.68. The molecule has 0 aliphatic rings. The second-order valence-corrected chi connectivity index (χ2v) is 10.5. The average Bonchev–Trinajstić information content (AvgIpc) is 2.89. The zero-order chi connectivity index (χ0) is 29.0. The van der Waals surface area contributed by atoms with E-state index in [0.717, 1.165) is 4.57 Å². The van der Waals surface area contributed by atoms with Gasteiger partial charge in [0.2, 0.25) is 0 Å². The van der Waals surface area contributed by atoms with Crippen LogP contribution in [0.25, 0.3) is 11.1 Å². The van der Waals surface area contributed by atoms with Crippen molar-refractivity contribution in [3.8, 4) is 11.1 Å². The summed E-state index contributed by atoms with van der Waals surface area (Å²) < 4.78 is 36.7. The molecule has 3 aromatic carbocycles. The van der Waals surface area contributed by atoms with Crippen LogP contribution in [0.1, 0.15) is 43.6 Å². The lowest BCUT2D eigenvalue weighted by molar-refractivity contribution is 0.0497. The molecular formula is C31H31F2N3O4. The molecule has 1 aromatic heterocycles. The lowest BCUT2D eigenvalue weighted by Gasteiger charge is -2.25. The van der Waals surface area contributed by atoms with Crippen molar-refractivity contribution in [3.05, 3.63) is 128 Å². The van der Waals surface area contributed by atoms with Crippen molar-refractivity contribution in [2.24, 2.45) is 0 Å². The van der Waals surface area contributed by atoms with Crippen molar-refractivity contribution in [2.45, 2.75) is 52.4 Å². The molecule has 0 aliphatic heterocycles. The number of hydrogen-bond donors (Lipinski definition) is 1. The molecule has 1 amide bonds. The van der Waals surface area contributed by atoms with Crippen LogP contribution in [0.15, 0.2) is 88.5 Å². The van der Waals surface area contributed by atoms with Gasteiger partial charge < -0.3 is 10.1 Å². The molecule has 1 N–H and O–H groups in total. The molecule has 1 heterocycles. The summed E-state index contributed by atoms with van der Waals surface area (Å²) >= 11 is 0. The molecule has 208 valence electrons. The van der Waals surface area contributed by atoms with Crippen LogP contribution in [0, 0.1) is 18.6 Å². The van der Waals surface area contributed by atoms with Crippen LogP contribution in [0.2, 0.25) is 0 Å². The highest BCUT2D eigenvalue weighted by Crippen LogP contribution is 2.23. The molecule has 9 heteroatoms. The normalized spacial score (nSPS) is 12.2. The third-order valence-electron chi connectivity index (χ3n) is 6.32. The minimum atomic E-state index is -0.833. The fourth-order valence-corrected chi connectivity index (χ4v) is 4.49. The standard InChI is InChI=1S/C31H31F2N3O4/c1-20-27(24-15-8-9-16-25(24)33)28(37)36(30(39)35(20)18-21-11-10-14-23(32)17-21)19-26(22-12-6-5-7-13-22)34-29(38)40-31(2,3)4/h5-17,26H,18-19H2,1-4H3,(H,34,38)/t26-/m0/s1. The van der Waals surface area contributed by atoms with Gasteiger partial charge in [-0.15, -0.1) is 0 Å². The summed E-state index contributed by atoms with van der Waals surface area (Å²) in [5.74, 6) is -1.10. The van der Waals surface area contributed by atoms with Gasteiger partial charge in [0.1, 0.15) is 17.2 Å². The van der Waals surface area contributed by atoms with Crippen LogP contribution in [0.3, 0.4) is 0 Å². The second kappa shape index (κ2) is 11.7. The van der Waals surface area contributed by atoms with Gasteiger partial charge in [-0.2, -0.15) is 0 Å². The van der Waals surface area contributed by atoms with Crippen molar-refractivity contribution in [2.75, 3.05) is 0 Å². The molecule has 0 saturated heterocycles. The maximum Gasteiger partial charge on any atom is 0.408 e. The highest BCUT2D eigenvalue weighted by Gasteiger charge is 2.25. The SMILES string of the molecule is Cc1c(-c2ccccc2F)c(=O)n(C[C@H](NC(=O)OC(C)(C)C)c2ccccc2)c(=O)n1Cc1cccc(F)c1. The quantitative estimate of drug-likeness (QED) is 0.328. The van der Waals surface area contributed by atoms with E-state index in [2.05, 4.69) is 5.32 Å². The Labute approximate surface area is 230 Å². The van der Waals surface area contributed by atoms with Gasteiger partial charge in [0.15, 0.2) is 0 Å². The molecule has 0 spiro atoms. The number of amides is 1. The fourth-order valence-electron chi connectivity index (χ4n) is 4.49. The molecule has 1 atom stereocenters. The Morgan fingerprint density at radius 1 is 0.925 bits per heavy atom. The van der Waals surface area contributed by atoms with E-state index in [1.54, 1.807) is 70.2 Å². The number of nitrogens with zero attached hydrogens (tertiary/aromatic N) is 2.